The summed E-state index contributed by atoms with van der Waals surface area (Å²) in [6.07, 6.45) is 4.86. The zero-order valence-corrected chi connectivity index (χ0v) is 9.89. The summed E-state index contributed by atoms with van der Waals surface area (Å²) in [5, 5.41) is 8.48. The molecule has 94 valence electrons. The lowest BCUT2D eigenvalue weighted by atomic mass is 10.2. The molecular formula is C12H17NO4. The topological polar surface area (TPSA) is 70.8 Å². The Kier molecular flexibility index (Phi) is 5.26. The van der Waals surface area contributed by atoms with Gasteiger partial charge in [-0.1, -0.05) is 0 Å². The number of amides is 1. The maximum Gasteiger partial charge on any atom is 0.303 e. The SMILES string of the molecule is CN(CCCC(=O)O)C(=O)CCc1ccoc1. The Morgan fingerprint density at radius 1 is 1.41 bits per heavy atom. The number of nitrogens with zero attached hydrogens (tertiary/aromatic N) is 1. The molecular weight excluding hydrogens is 222 g/mol. The molecule has 1 N–H and O–H groups in total. The van der Waals surface area contributed by atoms with Crippen LogP contribution in [0.25, 0.3) is 0 Å². The molecule has 0 unspecified atom stereocenters. The van der Waals surface area contributed by atoms with E-state index in [1.165, 1.54) is 0 Å². The predicted molar refractivity (Wildman–Crippen MR) is 61.5 cm³/mol. The van der Waals surface area contributed by atoms with Crippen molar-refractivity contribution in [3.05, 3.63) is 24.2 Å². The van der Waals surface area contributed by atoms with Gasteiger partial charge in [-0.3, -0.25) is 9.59 Å². The van der Waals surface area contributed by atoms with E-state index >= 15 is 0 Å². The smallest absolute Gasteiger partial charge is 0.303 e. The zero-order valence-electron chi connectivity index (χ0n) is 9.89. The van der Waals surface area contributed by atoms with E-state index in [-0.39, 0.29) is 12.3 Å². The molecule has 0 atom stereocenters. The summed E-state index contributed by atoms with van der Waals surface area (Å²) in [6.45, 7) is 0.483. The van der Waals surface area contributed by atoms with E-state index in [0.29, 0.717) is 25.8 Å². The van der Waals surface area contributed by atoms with Crippen LogP contribution < -0.4 is 0 Å². The van der Waals surface area contributed by atoms with Crippen molar-refractivity contribution in [2.24, 2.45) is 0 Å². The summed E-state index contributed by atoms with van der Waals surface area (Å²) < 4.78 is 4.91. The van der Waals surface area contributed by atoms with Gasteiger partial charge >= 0.3 is 5.97 Å². The van der Waals surface area contributed by atoms with E-state index in [2.05, 4.69) is 0 Å². The summed E-state index contributed by atoms with van der Waals surface area (Å²) in [6, 6.07) is 1.83. The Bertz CT molecular complexity index is 359. The first kappa shape index (κ1) is 13.3. The number of furan rings is 1. The average molecular weight is 239 g/mol. The van der Waals surface area contributed by atoms with Gasteiger partial charge in [0.1, 0.15) is 0 Å². The third-order valence-corrected chi connectivity index (χ3v) is 2.52. The van der Waals surface area contributed by atoms with Crippen molar-refractivity contribution < 1.29 is 19.1 Å². The fourth-order valence-corrected chi connectivity index (χ4v) is 1.47. The molecule has 1 heterocycles. The molecule has 5 nitrogen and oxygen atoms in total. The van der Waals surface area contributed by atoms with Crippen molar-refractivity contribution >= 4 is 11.9 Å². The normalized spacial score (nSPS) is 10.2. The van der Waals surface area contributed by atoms with Gasteiger partial charge in [-0.15, -0.1) is 0 Å². The third kappa shape index (κ3) is 5.19. The highest BCUT2D eigenvalue weighted by atomic mass is 16.4. The van der Waals surface area contributed by atoms with Crippen molar-refractivity contribution in [1.82, 2.24) is 4.90 Å². The first-order chi connectivity index (χ1) is 8.09. The van der Waals surface area contributed by atoms with E-state index in [1.54, 1.807) is 24.5 Å². The van der Waals surface area contributed by atoms with Crippen LogP contribution in [0, 0.1) is 0 Å². The fraction of sp³-hybridized carbons (Fsp3) is 0.500. The highest BCUT2D eigenvalue weighted by Gasteiger charge is 2.09. The van der Waals surface area contributed by atoms with Crippen LogP contribution in [0.3, 0.4) is 0 Å². The molecule has 0 aromatic carbocycles. The van der Waals surface area contributed by atoms with E-state index in [9.17, 15) is 9.59 Å². The Labute approximate surface area is 100 Å². The predicted octanol–water partition coefficient (Wildman–Crippen LogP) is 1.54. The molecule has 1 aromatic heterocycles. The molecule has 1 aromatic rings. The number of carboxylic acids is 1. The Hall–Kier alpha value is -1.78. The number of carbonyl (C=O) groups is 2. The molecule has 0 saturated heterocycles. The maximum atomic E-state index is 11.7. The molecule has 0 bridgehead atoms. The molecule has 0 aliphatic carbocycles. The van der Waals surface area contributed by atoms with Crippen LogP contribution in [0.2, 0.25) is 0 Å². The number of carboxylic acid groups (broad SMARTS) is 1. The molecule has 1 amide bonds. The maximum absolute atomic E-state index is 11.7. The summed E-state index contributed by atoms with van der Waals surface area (Å²) in [5.41, 5.74) is 0.997. The van der Waals surface area contributed by atoms with Gasteiger partial charge in [0.2, 0.25) is 5.91 Å². The summed E-state index contributed by atoms with van der Waals surface area (Å²) in [5.74, 6) is -0.805. The molecule has 0 radical (unpaired) electrons. The van der Waals surface area contributed by atoms with Gasteiger partial charge in [-0.25, -0.2) is 0 Å². The summed E-state index contributed by atoms with van der Waals surface area (Å²) in [7, 11) is 1.69. The van der Waals surface area contributed by atoms with Crippen molar-refractivity contribution in [3.63, 3.8) is 0 Å². The minimum atomic E-state index is -0.829. The second kappa shape index (κ2) is 6.73. The van der Waals surface area contributed by atoms with Crippen LogP contribution in [0.4, 0.5) is 0 Å². The quantitative estimate of drug-likeness (QED) is 0.783. The molecule has 0 saturated carbocycles. The van der Waals surface area contributed by atoms with Crippen molar-refractivity contribution in [2.45, 2.75) is 25.7 Å². The van der Waals surface area contributed by atoms with Crippen molar-refractivity contribution in [3.8, 4) is 0 Å². The van der Waals surface area contributed by atoms with Gasteiger partial charge in [0, 0.05) is 26.4 Å². The highest BCUT2D eigenvalue weighted by molar-refractivity contribution is 5.76. The lowest BCUT2D eigenvalue weighted by molar-refractivity contribution is -0.138. The molecule has 0 aliphatic heterocycles. The molecule has 0 spiro atoms. The lowest BCUT2D eigenvalue weighted by Gasteiger charge is -2.16. The van der Waals surface area contributed by atoms with Gasteiger partial charge in [0.15, 0.2) is 0 Å². The van der Waals surface area contributed by atoms with Crippen LogP contribution in [0.5, 0.6) is 0 Å². The number of aryl methyl sites for hydroxylation is 1. The fourth-order valence-electron chi connectivity index (χ4n) is 1.47. The van der Waals surface area contributed by atoms with Gasteiger partial charge in [0.25, 0.3) is 0 Å². The second-order valence-corrected chi connectivity index (χ2v) is 3.94. The first-order valence-corrected chi connectivity index (χ1v) is 5.56. The summed E-state index contributed by atoms with van der Waals surface area (Å²) >= 11 is 0. The largest absolute Gasteiger partial charge is 0.481 e. The lowest BCUT2D eigenvalue weighted by Crippen LogP contribution is -2.28. The van der Waals surface area contributed by atoms with Crippen LogP contribution >= 0.6 is 0 Å². The van der Waals surface area contributed by atoms with E-state index < -0.39 is 5.97 Å². The van der Waals surface area contributed by atoms with Crippen molar-refractivity contribution in [2.75, 3.05) is 13.6 Å². The van der Waals surface area contributed by atoms with E-state index in [1.807, 2.05) is 6.07 Å². The average Bonchev–Trinajstić information content (AvgIpc) is 2.78. The monoisotopic (exact) mass is 239 g/mol. The van der Waals surface area contributed by atoms with Gasteiger partial charge in [-0.05, 0) is 24.5 Å². The van der Waals surface area contributed by atoms with Crippen molar-refractivity contribution in [1.29, 1.82) is 0 Å². The van der Waals surface area contributed by atoms with E-state index in [4.69, 9.17) is 9.52 Å². The number of carbonyl (C=O) groups excluding carboxylic acids is 1. The molecule has 1 rings (SSSR count). The van der Waals surface area contributed by atoms with Gasteiger partial charge in [-0.2, -0.15) is 0 Å². The number of aliphatic carboxylic acids is 1. The highest BCUT2D eigenvalue weighted by Crippen LogP contribution is 2.05. The number of hydrogen-bond donors (Lipinski definition) is 1. The minimum absolute atomic E-state index is 0.0246. The number of hydrogen-bond acceptors (Lipinski definition) is 3. The zero-order chi connectivity index (χ0) is 12.7. The minimum Gasteiger partial charge on any atom is -0.481 e. The van der Waals surface area contributed by atoms with Gasteiger partial charge in [0.05, 0.1) is 12.5 Å². The standard InChI is InChI=1S/C12H17NO4/c1-13(7-2-3-12(15)16)11(14)5-4-10-6-8-17-9-10/h6,8-9H,2-5,7H2,1H3,(H,15,16). The molecule has 17 heavy (non-hydrogen) atoms. The molecule has 0 fully saturated rings. The van der Waals surface area contributed by atoms with Crippen LogP contribution in [0.15, 0.2) is 23.0 Å². The third-order valence-electron chi connectivity index (χ3n) is 2.52. The second-order valence-electron chi connectivity index (χ2n) is 3.94. The van der Waals surface area contributed by atoms with Gasteiger partial charge < -0.3 is 14.4 Å². The first-order valence-electron chi connectivity index (χ1n) is 5.56. The molecule has 5 heteroatoms. The summed E-state index contributed by atoms with van der Waals surface area (Å²) in [4.78, 5) is 23.6. The number of rotatable bonds is 7. The Balaban J connectivity index is 2.20. The Morgan fingerprint density at radius 3 is 2.76 bits per heavy atom. The van der Waals surface area contributed by atoms with Crippen LogP contribution in [-0.4, -0.2) is 35.5 Å². The molecule has 0 aliphatic rings. The van der Waals surface area contributed by atoms with E-state index in [0.717, 1.165) is 5.56 Å². The van der Waals surface area contributed by atoms with Crippen LogP contribution in [0.1, 0.15) is 24.8 Å². The van der Waals surface area contributed by atoms with Crippen LogP contribution in [-0.2, 0) is 16.0 Å². The Morgan fingerprint density at radius 2 is 2.18 bits per heavy atom.